The lowest BCUT2D eigenvalue weighted by Gasteiger charge is -2.28. The van der Waals surface area contributed by atoms with E-state index in [1.165, 1.54) is 11.0 Å². The Kier molecular flexibility index (Phi) is 12.3. The maximum absolute atomic E-state index is 14.3. The Morgan fingerprint density at radius 3 is 2.26 bits per heavy atom. The Morgan fingerprint density at radius 2 is 1.58 bits per heavy atom. The molecule has 0 atom stereocenters. The number of nitrogens with zero attached hydrogens (tertiary/aromatic N) is 2. The zero-order valence-electron chi connectivity index (χ0n) is 28.9. The van der Waals surface area contributed by atoms with Crippen LogP contribution in [0.5, 0.6) is 5.75 Å². The molecule has 1 aliphatic rings. The minimum Gasteiger partial charge on any atom is -0.488 e. The van der Waals surface area contributed by atoms with E-state index in [9.17, 15) is 14.4 Å². The number of carbonyl (C=O) groups is 3. The Balaban J connectivity index is 1.26. The Bertz CT molecular complexity index is 2240. The normalized spacial score (nSPS) is 14.2. The van der Waals surface area contributed by atoms with E-state index in [1.807, 2.05) is 91.0 Å². The number of thioether (sulfide) groups is 1. The molecule has 264 valence electrons. The Morgan fingerprint density at radius 1 is 0.906 bits per heavy atom. The number of amides is 3. The molecular weight excluding hydrogens is 746 g/mol. The summed E-state index contributed by atoms with van der Waals surface area (Å²) in [6, 6.07) is 38.6. The smallest absolute Gasteiger partial charge is 0.285 e. The number of carbonyl (C=O) groups excluding carboxylic acids is 3. The highest BCUT2D eigenvalue weighted by Crippen LogP contribution is 2.31. The molecule has 3 amide bonds. The van der Waals surface area contributed by atoms with Gasteiger partial charge in [-0.05, 0) is 70.8 Å². The van der Waals surface area contributed by atoms with Crippen LogP contribution < -0.4 is 10.1 Å². The van der Waals surface area contributed by atoms with Gasteiger partial charge < -0.3 is 10.1 Å². The number of fused-ring (bicyclic) bond motifs is 1. The van der Waals surface area contributed by atoms with Gasteiger partial charge in [-0.25, -0.2) is 0 Å². The monoisotopic (exact) mass is 781 g/mol. The van der Waals surface area contributed by atoms with Crippen LogP contribution in [0.2, 0.25) is 0 Å². The number of amidine groups is 1. The molecule has 5 aromatic carbocycles. The summed E-state index contributed by atoms with van der Waals surface area (Å²) in [4.78, 5) is 47.1. The van der Waals surface area contributed by atoms with Gasteiger partial charge in [0, 0.05) is 15.7 Å². The highest BCUT2D eigenvalue weighted by atomic mass is 79.9. The fourth-order valence-electron chi connectivity index (χ4n) is 5.80. The van der Waals surface area contributed by atoms with Crippen LogP contribution in [0.4, 0.5) is 0 Å². The van der Waals surface area contributed by atoms with E-state index in [0.717, 1.165) is 43.7 Å². The third kappa shape index (κ3) is 9.18. The van der Waals surface area contributed by atoms with Gasteiger partial charge >= 0.3 is 0 Å². The van der Waals surface area contributed by atoms with Gasteiger partial charge in [-0.3, -0.25) is 19.3 Å². The highest BCUT2D eigenvalue weighted by Gasteiger charge is 2.35. The van der Waals surface area contributed by atoms with E-state index < -0.39 is 17.9 Å². The standard InChI is InChI=1S/C44H36BrN3O4S/c1-3-5-20-37(4-2)48-43(51)38(27-35-26-36(45)23-24-39(35)52-28-30-21-22-31-14-12-13-19-34(31)25-30)42(50)47-44(48)53-29-40(49)46-41(32-15-8-6-9-16-32)33-17-10-7-11-18-33/h3-27,41H,1,28-29H2,2H3,(H,46,49)/b20-5-,37-4+,38-27+. The molecule has 1 aliphatic heterocycles. The van der Waals surface area contributed by atoms with Crippen LogP contribution in [0.3, 0.4) is 0 Å². The molecule has 0 bridgehead atoms. The van der Waals surface area contributed by atoms with Crippen LogP contribution in [0.25, 0.3) is 16.8 Å². The number of rotatable bonds is 12. The van der Waals surface area contributed by atoms with Gasteiger partial charge in [0.25, 0.3) is 11.8 Å². The summed E-state index contributed by atoms with van der Waals surface area (Å²) in [6.07, 6.45) is 8.22. The van der Waals surface area contributed by atoms with Crippen molar-refractivity contribution in [2.75, 3.05) is 5.75 Å². The fraction of sp³-hybridized carbons (Fsp3) is 0.0909. The summed E-state index contributed by atoms with van der Waals surface area (Å²) in [5.41, 5.74) is 3.67. The molecule has 0 unspecified atom stereocenters. The number of halogens is 1. The third-order valence-corrected chi connectivity index (χ3v) is 9.82. The molecule has 0 radical (unpaired) electrons. The van der Waals surface area contributed by atoms with Gasteiger partial charge in [-0.15, -0.1) is 0 Å². The minimum absolute atomic E-state index is 0.0899. The molecular formula is C44H36BrN3O4S. The number of hydrogen-bond donors (Lipinski definition) is 1. The summed E-state index contributed by atoms with van der Waals surface area (Å²) in [6.45, 7) is 5.81. The molecule has 7 nitrogen and oxygen atoms in total. The van der Waals surface area contributed by atoms with Crippen molar-refractivity contribution in [3.05, 3.63) is 190 Å². The zero-order chi connectivity index (χ0) is 37.2. The van der Waals surface area contributed by atoms with Crippen molar-refractivity contribution in [3.63, 3.8) is 0 Å². The van der Waals surface area contributed by atoms with Crippen molar-refractivity contribution >= 4 is 67.4 Å². The van der Waals surface area contributed by atoms with Gasteiger partial charge in [-0.2, -0.15) is 4.99 Å². The summed E-state index contributed by atoms with van der Waals surface area (Å²) < 4.78 is 6.99. The van der Waals surface area contributed by atoms with Crippen molar-refractivity contribution < 1.29 is 19.1 Å². The van der Waals surface area contributed by atoms with Crippen LogP contribution in [-0.2, 0) is 21.0 Å². The van der Waals surface area contributed by atoms with Gasteiger partial charge in [0.15, 0.2) is 5.17 Å². The molecule has 1 N–H and O–H groups in total. The molecule has 0 saturated carbocycles. The van der Waals surface area contributed by atoms with Crippen molar-refractivity contribution in [2.45, 2.75) is 19.6 Å². The maximum atomic E-state index is 14.3. The summed E-state index contributed by atoms with van der Waals surface area (Å²) >= 11 is 4.53. The van der Waals surface area contributed by atoms with E-state index in [2.05, 4.69) is 51.0 Å². The van der Waals surface area contributed by atoms with Crippen LogP contribution in [0, 0.1) is 0 Å². The molecule has 0 aliphatic carbocycles. The summed E-state index contributed by atoms with van der Waals surface area (Å²) in [5, 5.41) is 5.44. The lowest BCUT2D eigenvalue weighted by atomic mass is 9.99. The average molecular weight is 783 g/mol. The van der Waals surface area contributed by atoms with Gasteiger partial charge in [-0.1, -0.05) is 150 Å². The van der Waals surface area contributed by atoms with Gasteiger partial charge in [0.2, 0.25) is 5.91 Å². The second-order valence-corrected chi connectivity index (χ2v) is 13.8. The third-order valence-electron chi connectivity index (χ3n) is 8.39. The molecule has 5 aromatic rings. The molecule has 0 aromatic heterocycles. The quantitative estimate of drug-likeness (QED) is 0.0774. The molecule has 1 heterocycles. The predicted molar refractivity (Wildman–Crippen MR) is 218 cm³/mol. The first kappa shape index (κ1) is 37.0. The zero-order valence-corrected chi connectivity index (χ0v) is 31.3. The fourth-order valence-corrected chi connectivity index (χ4v) is 6.99. The van der Waals surface area contributed by atoms with E-state index in [4.69, 9.17) is 4.74 Å². The van der Waals surface area contributed by atoms with Gasteiger partial charge in [0.05, 0.1) is 11.8 Å². The number of nitrogens with one attached hydrogen (secondary N) is 1. The van der Waals surface area contributed by atoms with E-state index in [1.54, 1.807) is 43.4 Å². The van der Waals surface area contributed by atoms with E-state index in [-0.39, 0.29) is 29.0 Å². The van der Waals surface area contributed by atoms with E-state index in [0.29, 0.717) is 17.0 Å². The predicted octanol–water partition coefficient (Wildman–Crippen LogP) is 9.57. The molecule has 0 fully saturated rings. The number of aliphatic imine (C=N–C) groups is 1. The maximum Gasteiger partial charge on any atom is 0.285 e. The average Bonchev–Trinajstić information content (AvgIpc) is 3.19. The van der Waals surface area contributed by atoms with Crippen LogP contribution in [0.15, 0.2) is 173 Å². The molecule has 0 spiro atoms. The second kappa shape index (κ2) is 17.6. The van der Waals surface area contributed by atoms with Gasteiger partial charge in [0.1, 0.15) is 17.9 Å². The molecule has 53 heavy (non-hydrogen) atoms. The topological polar surface area (TPSA) is 88.1 Å². The van der Waals surface area contributed by atoms with Crippen LogP contribution in [-0.4, -0.2) is 33.5 Å². The van der Waals surface area contributed by atoms with Crippen molar-refractivity contribution in [1.82, 2.24) is 10.2 Å². The number of ether oxygens (including phenoxy) is 1. The minimum atomic E-state index is -0.718. The molecule has 0 saturated heterocycles. The van der Waals surface area contributed by atoms with Crippen molar-refractivity contribution in [3.8, 4) is 5.75 Å². The number of allylic oxidation sites excluding steroid dienone is 4. The Hall–Kier alpha value is -5.77. The largest absolute Gasteiger partial charge is 0.488 e. The summed E-state index contributed by atoms with van der Waals surface area (Å²) in [7, 11) is 0. The Labute approximate surface area is 321 Å². The second-order valence-electron chi connectivity index (χ2n) is 12.0. The number of benzene rings is 5. The first-order valence-corrected chi connectivity index (χ1v) is 18.7. The first-order chi connectivity index (χ1) is 25.8. The molecule has 6 rings (SSSR count). The van der Waals surface area contributed by atoms with E-state index >= 15 is 0 Å². The summed E-state index contributed by atoms with van der Waals surface area (Å²) in [5.74, 6) is -1.19. The van der Waals surface area contributed by atoms with Crippen LogP contribution >= 0.6 is 27.7 Å². The SMILES string of the molecule is C=C/C=C\C(=C/C)N1C(=O)/C(=C/c2cc(Br)ccc2OCc2ccc3ccccc3c2)C(=O)N=C1SCC(=O)NC(c1ccccc1)c1ccccc1. The van der Waals surface area contributed by atoms with Crippen LogP contribution in [0.1, 0.15) is 35.2 Å². The molecule has 9 heteroatoms. The lowest BCUT2D eigenvalue weighted by Crippen LogP contribution is -2.42. The first-order valence-electron chi connectivity index (χ1n) is 16.9. The highest BCUT2D eigenvalue weighted by molar-refractivity contribution is 9.10. The lowest BCUT2D eigenvalue weighted by molar-refractivity contribution is -0.126. The van der Waals surface area contributed by atoms with Crippen molar-refractivity contribution in [1.29, 1.82) is 0 Å². The van der Waals surface area contributed by atoms with Crippen molar-refractivity contribution in [2.24, 2.45) is 4.99 Å². The number of hydrogen-bond acceptors (Lipinski definition) is 5.